The molecule has 4 N–H and O–H groups in total. The van der Waals surface area contributed by atoms with Gasteiger partial charge in [0.1, 0.15) is 5.60 Å². The summed E-state index contributed by atoms with van der Waals surface area (Å²) in [6.07, 6.45) is -1.65. The highest BCUT2D eigenvalue weighted by molar-refractivity contribution is 6.14. The number of nitrogens with zero attached hydrogens (tertiary/aromatic N) is 3. The number of methoxy groups -OCH3 is 6. The molecule has 5 aliphatic heterocycles. The van der Waals surface area contributed by atoms with Gasteiger partial charge in [0, 0.05) is 94.7 Å². The van der Waals surface area contributed by atoms with Crippen molar-refractivity contribution in [2.24, 2.45) is 60.3 Å². The van der Waals surface area contributed by atoms with E-state index in [1.807, 2.05) is 55.4 Å². The molecule has 5 aliphatic rings. The van der Waals surface area contributed by atoms with Gasteiger partial charge in [-0.2, -0.15) is 0 Å². The summed E-state index contributed by atoms with van der Waals surface area (Å²) in [5.74, 6) is -6.80. The number of esters is 6. The number of aliphatic hydroxyl groups is 1. The van der Waals surface area contributed by atoms with E-state index in [9.17, 15) is 43.5 Å². The highest BCUT2D eigenvalue weighted by atomic mass is 16.6. The van der Waals surface area contributed by atoms with Crippen LogP contribution in [0.15, 0.2) is 48.9 Å². The summed E-state index contributed by atoms with van der Waals surface area (Å²) >= 11 is 0. The first-order valence-corrected chi connectivity index (χ1v) is 27.3. The van der Waals surface area contributed by atoms with Gasteiger partial charge in [0.15, 0.2) is 0 Å². The second kappa shape index (κ2) is 25.1. The number of nitrogens with one attached hydrogen (secondary N) is 3. The molecule has 1 unspecified atom stereocenters. The maximum atomic E-state index is 14.6. The minimum atomic E-state index is -1.37. The lowest BCUT2D eigenvalue weighted by Crippen LogP contribution is -2.60. The van der Waals surface area contributed by atoms with Crippen LogP contribution < -0.4 is 16.0 Å². The average Bonchev–Trinajstić information content (AvgIpc) is 4.21. The average molecular weight is 1120 g/mol. The molecule has 0 aromatic heterocycles. The summed E-state index contributed by atoms with van der Waals surface area (Å²) in [6, 6.07) is -0.942. The zero-order valence-corrected chi connectivity index (χ0v) is 50.0. The summed E-state index contributed by atoms with van der Waals surface area (Å²) in [4.78, 5) is 127. The Hall–Kier alpha value is -6.45. The van der Waals surface area contributed by atoms with Gasteiger partial charge in [0.2, 0.25) is 5.91 Å². The maximum absolute atomic E-state index is 14.6. The van der Waals surface area contributed by atoms with Gasteiger partial charge in [-0.3, -0.25) is 53.9 Å². The normalized spacial score (nSPS) is 30.3. The van der Waals surface area contributed by atoms with Crippen LogP contribution >= 0.6 is 0 Å². The number of fused-ring (bicyclic) bond motifs is 6. The van der Waals surface area contributed by atoms with Crippen LogP contribution in [0.4, 0.5) is 4.79 Å². The van der Waals surface area contributed by atoms with Gasteiger partial charge in [-0.1, -0.05) is 34.6 Å². The number of aliphatic imine (C=N–C) groups is 3. The van der Waals surface area contributed by atoms with E-state index in [4.69, 9.17) is 48.1 Å². The Labute approximate surface area is 470 Å². The van der Waals surface area contributed by atoms with Crippen molar-refractivity contribution in [1.82, 2.24) is 16.0 Å². The van der Waals surface area contributed by atoms with E-state index in [0.717, 1.165) is 0 Å². The van der Waals surface area contributed by atoms with Crippen molar-refractivity contribution in [2.75, 3.05) is 55.8 Å². The number of carbonyl (C=O) groups is 8. The Kier molecular flexibility index (Phi) is 20.2. The van der Waals surface area contributed by atoms with Crippen LogP contribution in [0.2, 0.25) is 0 Å². The standard InChI is InChI=1S/C58H86N6O16/c1-31-44-33(19-22-38(67)74-12)54(6,7)51(60-44)47(62-52(73)80-53(3,4)5)46-34(18-21-37(66)59-26-27-65)56(9,29-42(71)78-16)49(61-46)32(2)45-35(20-23-39(68)75-13)57(10,30-43(72)79-17)58(11,64-45)50-36(28-41(70)77-15)55(8,48(31)63-50)25-24-40(69)76-14/h33-36,50,64-65H,18-30H2,1-17H3,(H,59,66)(H,62,73)/b44-31-,45-32-,47-46?/t33-,34-,35-,36+,50?,55-,56+,57+,58+/m1/s1. The van der Waals surface area contributed by atoms with Crippen LogP contribution in [-0.4, -0.2) is 143 Å². The number of hydrogen-bond acceptors (Lipinski definition) is 20. The topological polar surface area (TPSA) is 295 Å². The fourth-order valence-electron chi connectivity index (χ4n) is 13.2. The molecule has 8 bridgehead atoms. The van der Waals surface area contributed by atoms with Gasteiger partial charge in [-0.25, -0.2) is 4.79 Å². The van der Waals surface area contributed by atoms with Crippen LogP contribution in [-0.2, 0) is 66.7 Å². The number of rotatable bonds is 21. The molecule has 444 valence electrons. The van der Waals surface area contributed by atoms with Gasteiger partial charge in [0.05, 0.1) is 103 Å². The maximum Gasteiger partial charge on any atom is 0.412 e. The molecule has 0 aliphatic carbocycles. The highest BCUT2D eigenvalue weighted by Crippen LogP contribution is 2.62. The largest absolute Gasteiger partial charge is 0.469 e. The SMILES string of the molecule is COC(=O)CC[C@@H]1/C2=C(\C)C3=NC([C@H](CC(=O)OC)[C@@]3(C)CCC(=O)OC)[C@]3(C)N/C(=C(/C)C4=NC(=C(NC(=O)OC(C)(C)C)C(=N2)C1(C)C)[C@@H](CCC(=O)NCCO)[C@]4(C)CC(=O)OC)[C@@H](CCC(=O)OC)[C@]3(C)CC(=O)OC. The van der Waals surface area contributed by atoms with Crippen molar-refractivity contribution >= 4 is 65.0 Å². The molecular weight excluding hydrogens is 1040 g/mol. The van der Waals surface area contributed by atoms with Crippen molar-refractivity contribution in [2.45, 2.75) is 164 Å². The summed E-state index contributed by atoms with van der Waals surface area (Å²) in [6.45, 7) is 19.9. The monoisotopic (exact) mass is 1120 g/mol. The van der Waals surface area contributed by atoms with Crippen LogP contribution in [0.5, 0.6) is 0 Å². The molecular formula is C58H86N6O16. The summed E-state index contributed by atoms with van der Waals surface area (Å²) in [5, 5.41) is 19.4. The quantitative estimate of drug-likeness (QED) is 0.0721. The molecule has 2 amide bonds. The predicted molar refractivity (Wildman–Crippen MR) is 294 cm³/mol. The fourth-order valence-corrected chi connectivity index (χ4v) is 13.2. The van der Waals surface area contributed by atoms with Crippen LogP contribution in [0.25, 0.3) is 0 Å². The van der Waals surface area contributed by atoms with Gasteiger partial charge >= 0.3 is 41.9 Å². The minimum Gasteiger partial charge on any atom is -0.469 e. The van der Waals surface area contributed by atoms with E-state index >= 15 is 0 Å². The van der Waals surface area contributed by atoms with Gasteiger partial charge in [-0.15, -0.1) is 0 Å². The highest BCUT2D eigenvalue weighted by Gasteiger charge is 2.67. The summed E-state index contributed by atoms with van der Waals surface area (Å²) in [7, 11) is 7.69. The Balaban J connectivity index is 2.15. The number of ether oxygens (including phenoxy) is 7. The second-order valence-corrected chi connectivity index (χ2v) is 24.0. The molecule has 0 radical (unpaired) electrons. The van der Waals surface area contributed by atoms with E-state index < -0.39 is 110 Å². The molecule has 5 rings (SSSR count). The van der Waals surface area contributed by atoms with Crippen LogP contribution in [0, 0.1) is 45.3 Å². The van der Waals surface area contributed by atoms with Crippen molar-refractivity contribution in [1.29, 1.82) is 0 Å². The Morgan fingerprint density at radius 3 is 1.69 bits per heavy atom. The van der Waals surface area contributed by atoms with Gasteiger partial charge < -0.3 is 48.9 Å². The lowest BCUT2D eigenvalue weighted by Gasteiger charge is -2.48. The van der Waals surface area contributed by atoms with Crippen molar-refractivity contribution < 1.29 is 76.6 Å². The van der Waals surface area contributed by atoms with E-state index in [-0.39, 0.29) is 95.2 Å². The molecule has 0 saturated carbocycles. The summed E-state index contributed by atoms with van der Waals surface area (Å²) in [5.41, 5.74) is -3.80. The first-order chi connectivity index (χ1) is 37.3. The molecule has 5 heterocycles. The summed E-state index contributed by atoms with van der Waals surface area (Å²) < 4.78 is 37.9. The molecule has 0 spiro atoms. The minimum absolute atomic E-state index is 0.0211. The number of amides is 2. The van der Waals surface area contributed by atoms with Crippen molar-refractivity contribution in [3.05, 3.63) is 33.9 Å². The van der Waals surface area contributed by atoms with E-state index in [1.54, 1.807) is 20.8 Å². The van der Waals surface area contributed by atoms with Crippen LogP contribution in [0.3, 0.4) is 0 Å². The smallest absolute Gasteiger partial charge is 0.412 e. The molecule has 80 heavy (non-hydrogen) atoms. The first-order valence-electron chi connectivity index (χ1n) is 27.3. The van der Waals surface area contributed by atoms with E-state index in [2.05, 4.69) is 16.0 Å². The molecule has 1 saturated heterocycles. The lowest BCUT2D eigenvalue weighted by molar-refractivity contribution is -0.147. The fraction of sp³-hybridized carbons (Fsp3) is 0.707. The van der Waals surface area contributed by atoms with Crippen LogP contribution in [0.1, 0.15) is 147 Å². The number of allylic oxidation sites excluding steroid dienone is 6. The van der Waals surface area contributed by atoms with Gasteiger partial charge in [-0.05, 0) is 78.4 Å². The third kappa shape index (κ3) is 12.7. The lowest BCUT2D eigenvalue weighted by atomic mass is 9.56. The number of hydrogen-bond donors (Lipinski definition) is 4. The molecule has 22 nitrogen and oxygen atoms in total. The molecule has 1 fully saturated rings. The van der Waals surface area contributed by atoms with E-state index in [0.29, 0.717) is 39.7 Å². The Morgan fingerprint density at radius 1 is 0.613 bits per heavy atom. The molecule has 22 heteroatoms. The number of alkyl carbamates (subject to hydrolysis) is 1. The zero-order chi connectivity index (χ0) is 60.1. The Bertz CT molecular complexity index is 2680. The molecule has 9 atom stereocenters. The van der Waals surface area contributed by atoms with Gasteiger partial charge in [0.25, 0.3) is 0 Å². The second-order valence-electron chi connectivity index (χ2n) is 24.0. The Morgan fingerprint density at radius 2 is 1.14 bits per heavy atom. The molecule has 0 aromatic carbocycles. The van der Waals surface area contributed by atoms with Crippen molar-refractivity contribution in [3.8, 4) is 0 Å². The first kappa shape index (κ1) is 64.4. The van der Waals surface area contributed by atoms with E-state index in [1.165, 1.54) is 42.7 Å². The zero-order valence-electron chi connectivity index (χ0n) is 50.0. The third-order valence-corrected chi connectivity index (χ3v) is 17.8. The third-order valence-electron chi connectivity index (χ3n) is 17.8. The molecule has 0 aromatic rings. The number of carbonyl (C=O) groups excluding carboxylic acids is 8. The number of aliphatic hydroxyl groups excluding tert-OH is 1. The van der Waals surface area contributed by atoms with Crippen molar-refractivity contribution in [3.63, 3.8) is 0 Å². The predicted octanol–water partition coefficient (Wildman–Crippen LogP) is 6.33.